The van der Waals surface area contributed by atoms with E-state index >= 15 is 0 Å². The molecule has 0 spiro atoms. The van der Waals surface area contributed by atoms with E-state index in [4.69, 9.17) is 0 Å². The fraction of sp³-hybridized carbons (Fsp3) is 0.684. The summed E-state index contributed by atoms with van der Waals surface area (Å²) >= 11 is 0. The Labute approximate surface area is 133 Å². The van der Waals surface area contributed by atoms with Gasteiger partial charge in [-0.2, -0.15) is 5.26 Å². The fourth-order valence-electron chi connectivity index (χ4n) is 4.57. The molecule has 0 aromatic heterocycles. The zero-order chi connectivity index (χ0) is 15.9. The second kappa shape index (κ2) is 5.57. The molecule has 1 heterocycles. The summed E-state index contributed by atoms with van der Waals surface area (Å²) in [6.07, 6.45) is 7.57. The third-order valence-corrected chi connectivity index (χ3v) is 5.53. The van der Waals surface area contributed by atoms with Crippen LogP contribution in [0.5, 0.6) is 0 Å². The van der Waals surface area contributed by atoms with E-state index in [0.717, 1.165) is 41.8 Å². The summed E-state index contributed by atoms with van der Waals surface area (Å²) in [7, 11) is 0. The molecule has 0 radical (unpaired) electrons. The molecule has 0 saturated heterocycles. The molecule has 1 saturated carbocycles. The first-order chi connectivity index (χ1) is 10.4. The summed E-state index contributed by atoms with van der Waals surface area (Å²) in [5.41, 5.74) is 3.81. The zero-order valence-electron chi connectivity index (χ0n) is 14.0. The minimum Gasteiger partial charge on any atom is -0.361 e. The number of nitrogens with one attached hydrogen (secondary N) is 1. The number of nitriles is 1. The molecule has 118 valence electrons. The van der Waals surface area contributed by atoms with Crippen molar-refractivity contribution >= 4 is 5.78 Å². The van der Waals surface area contributed by atoms with E-state index in [9.17, 15) is 10.1 Å². The Morgan fingerprint density at radius 1 is 1.18 bits per heavy atom. The van der Waals surface area contributed by atoms with Crippen molar-refractivity contribution in [3.05, 3.63) is 22.5 Å². The lowest BCUT2D eigenvalue weighted by molar-refractivity contribution is -0.118. The van der Waals surface area contributed by atoms with Crippen LogP contribution in [-0.4, -0.2) is 5.78 Å². The van der Waals surface area contributed by atoms with E-state index in [2.05, 4.69) is 25.2 Å². The molecular weight excluding hydrogens is 272 g/mol. The molecule has 3 nitrogen and oxygen atoms in total. The normalized spacial score (nSPS) is 29.0. The van der Waals surface area contributed by atoms with Gasteiger partial charge < -0.3 is 5.32 Å². The minimum absolute atomic E-state index is 0.0183. The number of Topliss-reactive ketones (excluding diaryl/α,β-unsaturated/α-hetero) is 1. The first-order valence-corrected chi connectivity index (χ1v) is 8.57. The van der Waals surface area contributed by atoms with Gasteiger partial charge in [0, 0.05) is 29.3 Å². The Morgan fingerprint density at radius 2 is 1.86 bits per heavy atom. The SMILES string of the molecule is CC1=C(C#N)C(C2CCCCC2)C2=C(CC(C)(C)CC2=O)N1. The Kier molecular flexibility index (Phi) is 3.89. The third-order valence-electron chi connectivity index (χ3n) is 5.53. The first kappa shape index (κ1) is 15.3. The van der Waals surface area contributed by atoms with Gasteiger partial charge in [0.1, 0.15) is 0 Å². The zero-order valence-corrected chi connectivity index (χ0v) is 14.0. The molecule has 22 heavy (non-hydrogen) atoms. The van der Waals surface area contributed by atoms with Crippen LogP contribution < -0.4 is 5.32 Å². The number of hydrogen-bond donors (Lipinski definition) is 1. The van der Waals surface area contributed by atoms with Gasteiger partial charge in [-0.3, -0.25) is 4.79 Å². The molecule has 3 rings (SSSR count). The van der Waals surface area contributed by atoms with Crippen LogP contribution in [0, 0.1) is 28.6 Å². The number of hydrogen-bond acceptors (Lipinski definition) is 3. The predicted molar refractivity (Wildman–Crippen MR) is 86.6 cm³/mol. The maximum atomic E-state index is 12.8. The second-order valence-electron chi connectivity index (χ2n) is 7.98. The average Bonchev–Trinajstić information content (AvgIpc) is 2.45. The van der Waals surface area contributed by atoms with Gasteiger partial charge >= 0.3 is 0 Å². The number of allylic oxidation sites excluding steroid dienone is 4. The molecule has 0 aromatic carbocycles. The van der Waals surface area contributed by atoms with Crippen LogP contribution in [0.25, 0.3) is 0 Å². The molecule has 3 aliphatic rings. The van der Waals surface area contributed by atoms with Crippen LogP contribution in [0.3, 0.4) is 0 Å². The number of rotatable bonds is 1. The topological polar surface area (TPSA) is 52.9 Å². The van der Waals surface area contributed by atoms with E-state index in [-0.39, 0.29) is 17.1 Å². The summed E-state index contributed by atoms with van der Waals surface area (Å²) in [5, 5.41) is 13.1. The predicted octanol–water partition coefficient (Wildman–Crippen LogP) is 4.23. The maximum absolute atomic E-state index is 12.8. The smallest absolute Gasteiger partial charge is 0.161 e. The van der Waals surface area contributed by atoms with Gasteiger partial charge in [0.25, 0.3) is 0 Å². The fourth-order valence-corrected chi connectivity index (χ4v) is 4.57. The average molecular weight is 298 g/mol. The molecule has 1 aliphatic heterocycles. The van der Waals surface area contributed by atoms with E-state index < -0.39 is 0 Å². The van der Waals surface area contributed by atoms with E-state index in [0.29, 0.717) is 12.3 Å². The summed E-state index contributed by atoms with van der Waals surface area (Å²) < 4.78 is 0. The largest absolute Gasteiger partial charge is 0.361 e. The monoisotopic (exact) mass is 298 g/mol. The van der Waals surface area contributed by atoms with Crippen LogP contribution in [0.2, 0.25) is 0 Å². The number of nitrogens with zero attached hydrogens (tertiary/aromatic N) is 1. The first-order valence-electron chi connectivity index (χ1n) is 8.57. The highest BCUT2D eigenvalue weighted by Gasteiger charge is 2.43. The molecule has 0 aromatic rings. The van der Waals surface area contributed by atoms with E-state index in [1.807, 2.05) is 6.92 Å². The van der Waals surface area contributed by atoms with Gasteiger partial charge in [-0.15, -0.1) is 0 Å². The van der Waals surface area contributed by atoms with E-state index in [1.165, 1.54) is 19.3 Å². The lowest BCUT2D eigenvalue weighted by Crippen LogP contribution is -2.40. The summed E-state index contributed by atoms with van der Waals surface area (Å²) in [6, 6.07) is 2.41. The molecule has 3 heteroatoms. The van der Waals surface area contributed by atoms with Gasteiger partial charge in [-0.05, 0) is 37.5 Å². The van der Waals surface area contributed by atoms with Crippen molar-refractivity contribution < 1.29 is 4.79 Å². The molecule has 1 N–H and O–H groups in total. The van der Waals surface area contributed by atoms with Crippen molar-refractivity contribution in [3.8, 4) is 6.07 Å². The Balaban J connectivity index is 2.04. The minimum atomic E-state index is 0.0183. The number of ketones is 1. The van der Waals surface area contributed by atoms with Gasteiger partial charge in [0.15, 0.2) is 5.78 Å². The second-order valence-corrected chi connectivity index (χ2v) is 7.98. The summed E-state index contributed by atoms with van der Waals surface area (Å²) in [5.74, 6) is 0.773. The van der Waals surface area contributed by atoms with Crippen molar-refractivity contribution in [1.29, 1.82) is 5.26 Å². The van der Waals surface area contributed by atoms with Crippen molar-refractivity contribution in [3.63, 3.8) is 0 Å². The molecule has 2 aliphatic carbocycles. The quantitative estimate of drug-likeness (QED) is 0.788. The molecular formula is C19H26N2O. The van der Waals surface area contributed by atoms with Crippen LogP contribution >= 0.6 is 0 Å². The summed E-state index contributed by atoms with van der Waals surface area (Å²) in [6.45, 7) is 6.31. The van der Waals surface area contributed by atoms with Gasteiger partial charge in [-0.25, -0.2) is 0 Å². The van der Waals surface area contributed by atoms with E-state index in [1.54, 1.807) is 0 Å². The highest BCUT2D eigenvalue weighted by Crippen LogP contribution is 2.47. The van der Waals surface area contributed by atoms with Crippen LogP contribution in [0.4, 0.5) is 0 Å². The molecule has 0 bridgehead atoms. The lowest BCUT2D eigenvalue weighted by Gasteiger charge is -2.41. The number of carbonyl (C=O) groups excluding carboxylic acids is 1. The highest BCUT2D eigenvalue weighted by atomic mass is 16.1. The Morgan fingerprint density at radius 3 is 2.50 bits per heavy atom. The van der Waals surface area contributed by atoms with Crippen LogP contribution in [0.15, 0.2) is 22.5 Å². The van der Waals surface area contributed by atoms with Gasteiger partial charge in [0.2, 0.25) is 0 Å². The highest BCUT2D eigenvalue weighted by molar-refractivity contribution is 5.99. The summed E-state index contributed by atoms with van der Waals surface area (Å²) in [4.78, 5) is 12.8. The molecule has 1 atom stereocenters. The number of carbonyl (C=O) groups is 1. The molecule has 0 amide bonds. The lowest BCUT2D eigenvalue weighted by atomic mass is 9.65. The van der Waals surface area contributed by atoms with Crippen LogP contribution in [0.1, 0.15) is 65.7 Å². The van der Waals surface area contributed by atoms with Crippen molar-refractivity contribution in [2.24, 2.45) is 17.3 Å². The van der Waals surface area contributed by atoms with Crippen molar-refractivity contribution in [2.75, 3.05) is 0 Å². The van der Waals surface area contributed by atoms with Gasteiger partial charge in [-0.1, -0.05) is 33.1 Å². The Bertz CT molecular complexity index is 597. The van der Waals surface area contributed by atoms with Crippen molar-refractivity contribution in [1.82, 2.24) is 5.32 Å². The van der Waals surface area contributed by atoms with Gasteiger partial charge in [0.05, 0.1) is 11.6 Å². The number of dihydropyridines is 1. The maximum Gasteiger partial charge on any atom is 0.161 e. The standard InChI is InChI=1S/C19H26N2O/c1-12-14(11-20)17(13-7-5-4-6-8-13)18-15(21-12)9-19(2,3)10-16(18)22/h13,17,21H,4-10H2,1-3H3. The molecule has 1 unspecified atom stereocenters. The Hall–Kier alpha value is -1.56. The molecule has 1 fully saturated rings. The van der Waals surface area contributed by atoms with Crippen molar-refractivity contribution in [2.45, 2.75) is 65.7 Å². The third kappa shape index (κ3) is 2.60. The van der Waals surface area contributed by atoms with Crippen LogP contribution in [-0.2, 0) is 4.79 Å².